The molecule has 0 spiro atoms. The molecular formula is C40H29NS. The fraction of sp³-hybridized carbons (Fsp3) is 0.0500. The lowest BCUT2D eigenvalue weighted by Gasteiger charge is -2.34. The zero-order valence-corrected chi connectivity index (χ0v) is 24.0. The average Bonchev–Trinajstić information content (AvgIpc) is 3.44. The van der Waals surface area contributed by atoms with E-state index in [-0.39, 0.29) is 6.04 Å². The van der Waals surface area contributed by atoms with Crippen LogP contribution in [-0.2, 0) is 6.42 Å². The van der Waals surface area contributed by atoms with Gasteiger partial charge < -0.3 is 4.90 Å². The van der Waals surface area contributed by atoms with Crippen molar-refractivity contribution in [1.82, 2.24) is 0 Å². The molecule has 42 heavy (non-hydrogen) atoms. The third-order valence-corrected chi connectivity index (χ3v) is 9.57. The molecule has 1 heterocycles. The molecule has 8 rings (SSSR count). The van der Waals surface area contributed by atoms with Gasteiger partial charge in [0.25, 0.3) is 0 Å². The molecule has 0 bridgehead atoms. The van der Waals surface area contributed by atoms with Gasteiger partial charge in [-0.3, -0.25) is 0 Å². The molecule has 1 aromatic heterocycles. The average molecular weight is 556 g/mol. The van der Waals surface area contributed by atoms with E-state index in [2.05, 4.69) is 163 Å². The van der Waals surface area contributed by atoms with E-state index in [4.69, 9.17) is 0 Å². The first-order chi connectivity index (χ1) is 20.8. The maximum atomic E-state index is 2.49. The number of hydrogen-bond donors (Lipinski definition) is 0. The second-order valence-corrected chi connectivity index (χ2v) is 12.1. The van der Waals surface area contributed by atoms with Crippen LogP contribution in [0, 0.1) is 0 Å². The van der Waals surface area contributed by atoms with Gasteiger partial charge in [-0.05, 0) is 82.3 Å². The molecule has 0 fully saturated rings. The fourth-order valence-electron chi connectivity index (χ4n) is 6.27. The van der Waals surface area contributed by atoms with Crippen LogP contribution in [0.5, 0.6) is 0 Å². The molecular weight excluding hydrogens is 527 g/mol. The van der Waals surface area contributed by atoms with Crippen molar-refractivity contribution in [3.63, 3.8) is 0 Å². The monoisotopic (exact) mass is 555 g/mol. The highest BCUT2D eigenvalue weighted by molar-refractivity contribution is 7.25. The summed E-state index contributed by atoms with van der Waals surface area (Å²) in [6.45, 7) is 0. The molecule has 1 nitrogen and oxygen atoms in total. The van der Waals surface area contributed by atoms with E-state index in [0.29, 0.717) is 0 Å². The predicted molar refractivity (Wildman–Crippen MR) is 182 cm³/mol. The molecule has 1 aliphatic carbocycles. The summed E-state index contributed by atoms with van der Waals surface area (Å²) < 4.78 is 2.68. The minimum atomic E-state index is 0.224. The number of hydrogen-bond acceptors (Lipinski definition) is 2. The summed E-state index contributed by atoms with van der Waals surface area (Å²) in [5, 5.41) is 2.67. The third kappa shape index (κ3) is 4.51. The molecule has 0 aliphatic heterocycles. The molecule has 1 atom stereocenters. The number of rotatable bonds is 5. The van der Waals surface area contributed by atoms with Gasteiger partial charge in [-0.1, -0.05) is 115 Å². The van der Waals surface area contributed by atoms with Crippen LogP contribution < -0.4 is 4.90 Å². The topological polar surface area (TPSA) is 3.24 Å². The van der Waals surface area contributed by atoms with Crippen LogP contribution in [-0.4, -0.2) is 6.04 Å². The highest BCUT2D eigenvalue weighted by atomic mass is 32.1. The lowest BCUT2D eigenvalue weighted by atomic mass is 9.92. The van der Waals surface area contributed by atoms with Crippen molar-refractivity contribution in [2.75, 3.05) is 4.90 Å². The van der Waals surface area contributed by atoms with Gasteiger partial charge in [0.15, 0.2) is 0 Å². The van der Waals surface area contributed by atoms with Crippen molar-refractivity contribution in [2.24, 2.45) is 0 Å². The number of benzene rings is 6. The Hall–Kier alpha value is -4.92. The Morgan fingerprint density at radius 1 is 0.500 bits per heavy atom. The van der Waals surface area contributed by atoms with Crippen molar-refractivity contribution >= 4 is 49.0 Å². The van der Waals surface area contributed by atoms with Crippen LogP contribution >= 0.6 is 11.3 Å². The molecule has 0 saturated carbocycles. The van der Waals surface area contributed by atoms with Gasteiger partial charge in [-0.25, -0.2) is 0 Å². The van der Waals surface area contributed by atoms with Crippen molar-refractivity contribution in [1.29, 1.82) is 0 Å². The zero-order valence-electron chi connectivity index (χ0n) is 23.2. The first-order valence-electron chi connectivity index (χ1n) is 14.5. The predicted octanol–water partition coefficient (Wildman–Crippen LogP) is 11.2. The Bertz CT molecular complexity index is 2050. The second kappa shape index (κ2) is 10.5. The molecule has 6 aromatic carbocycles. The maximum Gasteiger partial charge on any atom is 0.0566 e. The van der Waals surface area contributed by atoms with Crippen LogP contribution in [0.1, 0.15) is 11.1 Å². The molecule has 0 N–H and O–H groups in total. The largest absolute Gasteiger partial charge is 0.334 e. The Labute approximate surface area is 250 Å². The minimum Gasteiger partial charge on any atom is -0.334 e. The van der Waals surface area contributed by atoms with Crippen LogP contribution in [0.15, 0.2) is 152 Å². The summed E-state index contributed by atoms with van der Waals surface area (Å²) in [4.78, 5) is 2.49. The number of thiophene rings is 1. The van der Waals surface area contributed by atoms with Crippen LogP contribution in [0.2, 0.25) is 0 Å². The first-order valence-corrected chi connectivity index (χ1v) is 15.3. The second-order valence-electron chi connectivity index (χ2n) is 11.0. The Morgan fingerprint density at radius 3 is 1.88 bits per heavy atom. The highest BCUT2D eigenvalue weighted by Gasteiger charge is 2.23. The summed E-state index contributed by atoms with van der Waals surface area (Å²) in [5.74, 6) is 0. The summed E-state index contributed by atoms with van der Waals surface area (Å²) in [7, 11) is 0. The maximum absolute atomic E-state index is 2.49. The van der Waals surface area contributed by atoms with Gasteiger partial charge in [0, 0.05) is 31.5 Å². The van der Waals surface area contributed by atoms with Crippen LogP contribution in [0.25, 0.3) is 48.5 Å². The molecule has 0 amide bonds. The van der Waals surface area contributed by atoms with Crippen molar-refractivity contribution in [3.05, 3.63) is 163 Å². The van der Waals surface area contributed by atoms with E-state index in [9.17, 15) is 0 Å². The van der Waals surface area contributed by atoms with Crippen molar-refractivity contribution in [2.45, 2.75) is 12.5 Å². The number of fused-ring (bicyclic) bond motifs is 4. The summed E-state index contributed by atoms with van der Waals surface area (Å²) >= 11 is 1.87. The molecule has 0 radical (unpaired) electrons. The highest BCUT2D eigenvalue weighted by Crippen LogP contribution is 2.38. The number of nitrogens with zero attached hydrogens (tertiary/aromatic N) is 1. The summed E-state index contributed by atoms with van der Waals surface area (Å²) in [6, 6.07) is 53.3. The van der Waals surface area contributed by atoms with E-state index in [1.165, 1.54) is 64.9 Å². The summed E-state index contributed by atoms with van der Waals surface area (Å²) in [6.07, 6.45) is 5.61. The molecule has 0 saturated heterocycles. The molecule has 7 aromatic rings. The summed E-state index contributed by atoms with van der Waals surface area (Å²) in [5.41, 5.74) is 10.1. The van der Waals surface area contributed by atoms with E-state index in [1.807, 2.05) is 11.3 Å². The van der Waals surface area contributed by atoms with E-state index < -0.39 is 0 Å². The van der Waals surface area contributed by atoms with E-state index in [0.717, 1.165) is 6.42 Å². The minimum absolute atomic E-state index is 0.224. The van der Waals surface area contributed by atoms with Gasteiger partial charge in [0.1, 0.15) is 0 Å². The Balaban J connectivity index is 1.17. The van der Waals surface area contributed by atoms with Crippen molar-refractivity contribution < 1.29 is 0 Å². The lowest BCUT2D eigenvalue weighted by Crippen LogP contribution is -2.32. The third-order valence-electron chi connectivity index (χ3n) is 8.42. The molecule has 1 aliphatic rings. The smallest absolute Gasteiger partial charge is 0.0566 e. The normalized spacial score (nSPS) is 14.2. The first kappa shape index (κ1) is 24.8. The number of anilines is 2. The van der Waals surface area contributed by atoms with Gasteiger partial charge in [-0.15, -0.1) is 11.3 Å². The van der Waals surface area contributed by atoms with Crippen LogP contribution in [0.4, 0.5) is 11.4 Å². The molecule has 200 valence electrons. The fourth-order valence-corrected chi connectivity index (χ4v) is 7.35. The zero-order chi connectivity index (χ0) is 27.9. The SMILES string of the molecule is C1=CC(N(c2ccc(-c3ccccc3)cc2)c2ccc(-c3ccc4sc5ccccc5c4c3)cc2)Cc2ccccc21. The standard InChI is InChI=1S/C40H29NS/c1-2-8-28(9-3-1)30-14-20-34(21-15-30)41(36-24-18-29-10-4-5-11-32(29)26-36)35-22-16-31(17-23-35)33-19-25-40-38(27-33)37-12-6-7-13-39(37)42-40/h1-25,27,36H,26H2. The Kier molecular flexibility index (Phi) is 6.20. The van der Waals surface area contributed by atoms with Gasteiger partial charge in [-0.2, -0.15) is 0 Å². The van der Waals surface area contributed by atoms with Crippen LogP contribution in [0.3, 0.4) is 0 Å². The van der Waals surface area contributed by atoms with E-state index >= 15 is 0 Å². The Morgan fingerprint density at radius 2 is 1.10 bits per heavy atom. The van der Waals surface area contributed by atoms with Crippen molar-refractivity contribution in [3.8, 4) is 22.3 Å². The molecule has 1 unspecified atom stereocenters. The van der Waals surface area contributed by atoms with Gasteiger partial charge >= 0.3 is 0 Å². The molecule has 2 heteroatoms. The lowest BCUT2D eigenvalue weighted by molar-refractivity contribution is 0.767. The van der Waals surface area contributed by atoms with Gasteiger partial charge in [0.2, 0.25) is 0 Å². The van der Waals surface area contributed by atoms with Gasteiger partial charge in [0.05, 0.1) is 6.04 Å². The quantitative estimate of drug-likeness (QED) is 0.204. The van der Waals surface area contributed by atoms with E-state index in [1.54, 1.807) is 0 Å².